The van der Waals surface area contributed by atoms with Gasteiger partial charge in [0.25, 0.3) is 0 Å². The van der Waals surface area contributed by atoms with Crippen molar-refractivity contribution < 1.29 is 0 Å². The highest BCUT2D eigenvalue weighted by Gasteiger charge is 2.09. The van der Waals surface area contributed by atoms with Crippen molar-refractivity contribution in [3.05, 3.63) is 48.2 Å². The molecule has 0 atom stereocenters. The number of nitrogens with two attached hydrogens (primary N) is 2. The number of hydrogen-bond acceptors (Lipinski definition) is 3. The predicted molar refractivity (Wildman–Crippen MR) is 50.3 cm³/mol. The molecule has 3 heteroatoms. The smallest absolute Gasteiger partial charge is 0.0608 e. The molecule has 0 aromatic rings. The van der Waals surface area contributed by atoms with Crippen LogP contribution in [0.25, 0.3) is 0 Å². The van der Waals surface area contributed by atoms with E-state index in [1.54, 1.807) is 11.1 Å². The van der Waals surface area contributed by atoms with Crippen LogP contribution in [0.1, 0.15) is 6.92 Å². The SMILES string of the molecule is C=C1C(N)=CC(C)=CN1/C=C\N. The molecule has 0 amide bonds. The third-order valence-corrected chi connectivity index (χ3v) is 1.62. The summed E-state index contributed by atoms with van der Waals surface area (Å²) in [5.74, 6) is 0. The van der Waals surface area contributed by atoms with Crippen LogP contribution >= 0.6 is 0 Å². The zero-order valence-electron chi connectivity index (χ0n) is 7.12. The second-order valence-electron chi connectivity index (χ2n) is 2.67. The van der Waals surface area contributed by atoms with E-state index in [1.165, 1.54) is 6.20 Å². The zero-order valence-corrected chi connectivity index (χ0v) is 7.12. The Morgan fingerprint density at radius 1 is 1.58 bits per heavy atom. The highest BCUT2D eigenvalue weighted by Crippen LogP contribution is 2.18. The normalized spacial score (nSPS) is 18.1. The Labute approximate surface area is 72.3 Å². The van der Waals surface area contributed by atoms with Crippen LogP contribution in [-0.2, 0) is 0 Å². The van der Waals surface area contributed by atoms with Crippen molar-refractivity contribution in [2.75, 3.05) is 0 Å². The van der Waals surface area contributed by atoms with Crippen LogP contribution in [0.5, 0.6) is 0 Å². The van der Waals surface area contributed by atoms with Gasteiger partial charge in [0.05, 0.1) is 11.4 Å². The van der Waals surface area contributed by atoms with E-state index in [2.05, 4.69) is 6.58 Å². The molecule has 0 aliphatic carbocycles. The summed E-state index contributed by atoms with van der Waals surface area (Å²) in [6.07, 6.45) is 6.96. The minimum absolute atomic E-state index is 0.674. The number of hydrogen-bond donors (Lipinski definition) is 2. The maximum absolute atomic E-state index is 5.69. The average molecular weight is 163 g/mol. The van der Waals surface area contributed by atoms with Gasteiger partial charge >= 0.3 is 0 Å². The lowest BCUT2D eigenvalue weighted by molar-refractivity contribution is 0.624. The summed E-state index contributed by atoms with van der Waals surface area (Å²) in [5.41, 5.74) is 13.5. The lowest BCUT2D eigenvalue weighted by atomic mass is 10.1. The third-order valence-electron chi connectivity index (χ3n) is 1.62. The van der Waals surface area contributed by atoms with Gasteiger partial charge in [-0.25, -0.2) is 0 Å². The number of rotatable bonds is 1. The van der Waals surface area contributed by atoms with E-state index in [0.29, 0.717) is 5.70 Å². The Balaban J connectivity index is 2.94. The molecule has 0 aromatic carbocycles. The predicted octanol–water partition coefficient (Wildman–Crippen LogP) is 0.992. The van der Waals surface area contributed by atoms with Crippen molar-refractivity contribution in [3.8, 4) is 0 Å². The van der Waals surface area contributed by atoms with Gasteiger partial charge in [-0.15, -0.1) is 0 Å². The Morgan fingerprint density at radius 3 is 2.83 bits per heavy atom. The van der Waals surface area contributed by atoms with Gasteiger partial charge < -0.3 is 16.4 Å². The first-order valence-corrected chi connectivity index (χ1v) is 3.66. The molecule has 0 unspecified atom stereocenters. The minimum Gasteiger partial charge on any atom is -0.403 e. The fraction of sp³-hybridized carbons (Fsp3) is 0.111. The molecule has 0 saturated heterocycles. The Hall–Kier alpha value is -1.64. The summed E-state index contributed by atoms with van der Waals surface area (Å²) >= 11 is 0. The van der Waals surface area contributed by atoms with Crippen LogP contribution < -0.4 is 11.5 Å². The van der Waals surface area contributed by atoms with E-state index in [4.69, 9.17) is 11.5 Å². The Bertz CT molecular complexity index is 284. The third kappa shape index (κ3) is 1.50. The fourth-order valence-corrected chi connectivity index (χ4v) is 1.04. The average Bonchev–Trinajstić information content (AvgIpc) is 2.00. The molecule has 1 heterocycles. The molecular weight excluding hydrogens is 150 g/mol. The molecule has 0 bridgehead atoms. The van der Waals surface area contributed by atoms with Crippen LogP contribution in [0.2, 0.25) is 0 Å². The molecule has 3 nitrogen and oxygen atoms in total. The van der Waals surface area contributed by atoms with Gasteiger partial charge in [-0.05, 0) is 18.6 Å². The molecule has 0 aromatic heterocycles. The van der Waals surface area contributed by atoms with Crippen molar-refractivity contribution in [2.24, 2.45) is 11.5 Å². The first-order valence-electron chi connectivity index (χ1n) is 3.66. The van der Waals surface area contributed by atoms with Crippen molar-refractivity contribution >= 4 is 0 Å². The highest BCUT2D eigenvalue weighted by atomic mass is 15.1. The fourth-order valence-electron chi connectivity index (χ4n) is 1.04. The van der Waals surface area contributed by atoms with Crippen molar-refractivity contribution in [1.29, 1.82) is 0 Å². The van der Waals surface area contributed by atoms with E-state index < -0.39 is 0 Å². The standard InChI is InChI=1S/C9H13N3/c1-7-5-9(11)8(2)12(6-7)4-3-10/h3-6H,2,10-11H2,1H3/b4-3-. The Kier molecular flexibility index (Phi) is 2.24. The van der Waals surface area contributed by atoms with Crippen molar-refractivity contribution in [1.82, 2.24) is 4.90 Å². The molecule has 0 saturated carbocycles. The molecule has 1 aliphatic heterocycles. The molecule has 0 spiro atoms. The molecule has 4 N–H and O–H groups in total. The van der Waals surface area contributed by atoms with E-state index in [-0.39, 0.29) is 0 Å². The minimum atomic E-state index is 0.674. The van der Waals surface area contributed by atoms with E-state index in [9.17, 15) is 0 Å². The lowest BCUT2D eigenvalue weighted by Gasteiger charge is -2.23. The molecule has 0 fully saturated rings. The summed E-state index contributed by atoms with van der Waals surface area (Å²) in [5, 5.41) is 0. The highest BCUT2D eigenvalue weighted by molar-refractivity contribution is 5.38. The first-order chi connectivity index (χ1) is 5.65. The Morgan fingerprint density at radius 2 is 2.25 bits per heavy atom. The summed E-state index contributed by atoms with van der Waals surface area (Å²) in [6, 6.07) is 0. The zero-order chi connectivity index (χ0) is 9.14. The van der Waals surface area contributed by atoms with Crippen LogP contribution in [0.3, 0.4) is 0 Å². The van der Waals surface area contributed by atoms with Crippen LogP contribution in [0.15, 0.2) is 48.2 Å². The molecular formula is C9H13N3. The first kappa shape index (κ1) is 8.46. The van der Waals surface area contributed by atoms with Gasteiger partial charge in [0, 0.05) is 18.6 Å². The van der Waals surface area contributed by atoms with Gasteiger partial charge in [0.2, 0.25) is 0 Å². The van der Waals surface area contributed by atoms with Crippen molar-refractivity contribution in [3.63, 3.8) is 0 Å². The number of allylic oxidation sites excluding steroid dienone is 2. The quantitative estimate of drug-likeness (QED) is 0.606. The lowest BCUT2D eigenvalue weighted by Crippen LogP contribution is -2.19. The largest absolute Gasteiger partial charge is 0.403 e. The monoisotopic (exact) mass is 163 g/mol. The molecule has 12 heavy (non-hydrogen) atoms. The second kappa shape index (κ2) is 3.17. The summed E-state index contributed by atoms with van der Waals surface area (Å²) in [6.45, 7) is 5.78. The van der Waals surface area contributed by atoms with Gasteiger partial charge in [-0.1, -0.05) is 6.58 Å². The molecule has 0 radical (unpaired) electrons. The van der Waals surface area contributed by atoms with Gasteiger partial charge in [-0.2, -0.15) is 0 Å². The van der Waals surface area contributed by atoms with E-state index in [1.807, 2.05) is 19.2 Å². The molecule has 1 aliphatic rings. The van der Waals surface area contributed by atoms with Gasteiger partial charge in [0.1, 0.15) is 0 Å². The van der Waals surface area contributed by atoms with Gasteiger partial charge in [-0.3, -0.25) is 0 Å². The molecule has 1 rings (SSSR count). The summed E-state index contributed by atoms with van der Waals surface area (Å²) in [4.78, 5) is 1.80. The maximum Gasteiger partial charge on any atom is 0.0608 e. The van der Waals surface area contributed by atoms with E-state index in [0.717, 1.165) is 11.3 Å². The summed E-state index contributed by atoms with van der Waals surface area (Å²) < 4.78 is 0. The number of nitrogens with zero attached hydrogens (tertiary/aromatic N) is 1. The van der Waals surface area contributed by atoms with Crippen molar-refractivity contribution in [2.45, 2.75) is 6.92 Å². The topological polar surface area (TPSA) is 55.3 Å². The van der Waals surface area contributed by atoms with Gasteiger partial charge in [0.15, 0.2) is 0 Å². The molecule has 64 valence electrons. The maximum atomic E-state index is 5.69. The van der Waals surface area contributed by atoms with Crippen LogP contribution in [-0.4, -0.2) is 4.90 Å². The van der Waals surface area contributed by atoms with E-state index >= 15 is 0 Å². The summed E-state index contributed by atoms with van der Waals surface area (Å²) in [7, 11) is 0. The second-order valence-corrected chi connectivity index (χ2v) is 2.67. The van der Waals surface area contributed by atoms with Crippen LogP contribution in [0, 0.1) is 0 Å². The van der Waals surface area contributed by atoms with Crippen LogP contribution in [0.4, 0.5) is 0 Å².